The van der Waals surface area contributed by atoms with Crippen molar-refractivity contribution in [2.75, 3.05) is 32.9 Å². The highest BCUT2D eigenvalue weighted by molar-refractivity contribution is 5.68. The number of piperazine rings is 1. The molecule has 186 valence electrons. The van der Waals surface area contributed by atoms with Gasteiger partial charge < -0.3 is 9.47 Å². The van der Waals surface area contributed by atoms with E-state index in [4.69, 9.17) is 14.7 Å². The number of carbonyl (C=O) groups excluding carboxylic acids is 1. The molecule has 2 fully saturated rings. The number of carbonyl (C=O) groups is 1. The lowest BCUT2D eigenvalue weighted by Crippen LogP contribution is -2.55. The zero-order valence-corrected chi connectivity index (χ0v) is 21.0. The van der Waals surface area contributed by atoms with Gasteiger partial charge in [0.25, 0.3) is 0 Å². The summed E-state index contributed by atoms with van der Waals surface area (Å²) in [4.78, 5) is 19.7. The first-order valence-corrected chi connectivity index (χ1v) is 12.4. The quantitative estimate of drug-likeness (QED) is 0.523. The SMILES string of the molecule is CC(C)(C)OC(=O)N(CCN1C2CC[C@H]1CN(Cc1ccccc1)C2)COc1ccc(C#N)cc1. The fourth-order valence-corrected chi connectivity index (χ4v) is 4.96. The Labute approximate surface area is 208 Å². The molecule has 4 rings (SSSR count). The number of hydrogen-bond donors (Lipinski definition) is 0. The van der Waals surface area contributed by atoms with Crippen LogP contribution in [0.4, 0.5) is 4.79 Å². The molecule has 2 aromatic carbocycles. The maximum Gasteiger partial charge on any atom is 0.413 e. The van der Waals surface area contributed by atoms with Gasteiger partial charge in [-0.1, -0.05) is 30.3 Å². The second kappa shape index (κ2) is 11.1. The number of ether oxygens (including phenoxy) is 2. The van der Waals surface area contributed by atoms with E-state index < -0.39 is 5.60 Å². The first-order valence-electron chi connectivity index (χ1n) is 12.4. The van der Waals surface area contributed by atoms with Gasteiger partial charge in [-0.3, -0.25) is 14.7 Å². The summed E-state index contributed by atoms with van der Waals surface area (Å²) in [6.07, 6.45) is 2.02. The van der Waals surface area contributed by atoms with Crippen molar-refractivity contribution in [2.45, 2.75) is 57.8 Å². The molecule has 7 nitrogen and oxygen atoms in total. The predicted molar refractivity (Wildman–Crippen MR) is 135 cm³/mol. The Bertz CT molecular complexity index is 999. The highest BCUT2D eigenvalue weighted by Crippen LogP contribution is 2.30. The van der Waals surface area contributed by atoms with Crippen molar-refractivity contribution in [1.82, 2.24) is 14.7 Å². The van der Waals surface area contributed by atoms with Gasteiger partial charge in [0.1, 0.15) is 11.4 Å². The molecular weight excluding hydrogens is 440 g/mol. The van der Waals surface area contributed by atoms with Crippen LogP contribution in [0.1, 0.15) is 44.7 Å². The van der Waals surface area contributed by atoms with Crippen LogP contribution in [0, 0.1) is 11.3 Å². The zero-order valence-electron chi connectivity index (χ0n) is 21.0. The standard InChI is InChI=1S/C28H36N4O3/c1-28(2,3)35-27(33)31(21-34-26-13-9-22(17-29)10-14-26)15-16-32-24-11-12-25(32)20-30(19-24)18-23-7-5-4-6-8-23/h4-10,13-14,24-25H,11-12,15-16,18-21H2,1-3H3/t24-,25?/m0/s1. The molecule has 0 saturated carbocycles. The van der Waals surface area contributed by atoms with Gasteiger partial charge in [0.05, 0.1) is 11.6 Å². The number of nitrogens with zero attached hydrogens (tertiary/aromatic N) is 4. The summed E-state index contributed by atoms with van der Waals surface area (Å²) in [6.45, 7) is 10.2. The first-order chi connectivity index (χ1) is 16.8. The summed E-state index contributed by atoms with van der Waals surface area (Å²) in [7, 11) is 0. The third-order valence-corrected chi connectivity index (χ3v) is 6.61. The van der Waals surface area contributed by atoms with Gasteiger partial charge in [-0.15, -0.1) is 0 Å². The van der Waals surface area contributed by atoms with Gasteiger partial charge in [0.15, 0.2) is 6.73 Å². The van der Waals surface area contributed by atoms with Crippen molar-refractivity contribution in [3.05, 3.63) is 65.7 Å². The molecule has 2 atom stereocenters. The van der Waals surface area contributed by atoms with Crippen LogP contribution in [0.5, 0.6) is 5.75 Å². The number of benzene rings is 2. The maximum absolute atomic E-state index is 12.9. The van der Waals surface area contributed by atoms with Gasteiger partial charge in [-0.2, -0.15) is 5.26 Å². The smallest absolute Gasteiger partial charge is 0.413 e. The zero-order chi connectivity index (χ0) is 24.8. The normalized spacial score (nSPS) is 20.3. The molecule has 1 amide bonds. The van der Waals surface area contributed by atoms with E-state index in [0.29, 0.717) is 29.9 Å². The maximum atomic E-state index is 12.9. The van der Waals surface area contributed by atoms with E-state index in [0.717, 1.165) is 26.2 Å². The van der Waals surface area contributed by atoms with Gasteiger partial charge in [-0.25, -0.2) is 4.79 Å². The largest absolute Gasteiger partial charge is 0.473 e. The van der Waals surface area contributed by atoms with Crippen molar-refractivity contribution in [3.63, 3.8) is 0 Å². The Morgan fingerprint density at radius 2 is 1.71 bits per heavy atom. The number of hydrogen-bond acceptors (Lipinski definition) is 6. The predicted octanol–water partition coefficient (Wildman–Crippen LogP) is 4.48. The van der Waals surface area contributed by atoms with Gasteiger partial charge in [0.2, 0.25) is 0 Å². The second-order valence-electron chi connectivity index (χ2n) is 10.5. The average molecular weight is 477 g/mol. The Hall–Kier alpha value is -3.08. The summed E-state index contributed by atoms with van der Waals surface area (Å²) < 4.78 is 11.5. The Morgan fingerprint density at radius 3 is 2.31 bits per heavy atom. The molecule has 7 heteroatoms. The monoisotopic (exact) mass is 476 g/mol. The van der Waals surface area contributed by atoms with Crippen LogP contribution in [0.2, 0.25) is 0 Å². The van der Waals surface area contributed by atoms with Gasteiger partial charge >= 0.3 is 6.09 Å². The number of likely N-dealkylation sites (tertiary alicyclic amines) is 1. The molecule has 2 saturated heterocycles. The van der Waals surface area contributed by atoms with E-state index in [9.17, 15) is 4.79 Å². The van der Waals surface area contributed by atoms with Crippen molar-refractivity contribution < 1.29 is 14.3 Å². The number of amides is 1. The first kappa shape index (κ1) is 25.0. The van der Waals surface area contributed by atoms with E-state index in [1.807, 2.05) is 20.8 Å². The van der Waals surface area contributed by atoms with Crippen LogP contribution in [0.3, 0.4) is 0 Å². The molecule has 0 aromatic heterocycles. The summed E-state index contributed by atoms with van der Waals surface area (Å²) in [6, 6.07) is 20.7. The molecule has 2 heterocycles. The lowest BCUT2D eigenvalue weighted by atomic mass is 10.1. The van der Waals surface area contributed by atoms with Crippen LogP contribution in [-0.4, -0.2) is 71.4 Å². The number of rotatable bonds is 8. The van der Waals surface area contributed by atoms with Crippen molar-refractivity contribution >= 4 is 6.09 Å². The fourth-order valence-electron chi connectivity index (χ4n) is 4.96. The summed E-state index contributed by atoms with van der Waals surface area (Å²) >= 11 is 0. The Kier molecular flexibility index (Phi) is 7.94. The molecule has 0 N–H and O–H groups in total. The van der Waals surface area contributed by atoms with Crippen molar-refractivity contribution in [1.29, 1.82) is 5.26 Å². The minimum absolute atomic E-state index is 0.101. The minimum Gasteiger partial charge on any atom is -0.473 e. The third-order valence-electron chi connectivity index (χ3n) is 6.61. The number of nitriles is 1. The molecular formula is C28H36N4O3. The molecule has 0 aliphatic carbocycles. The topological polar surface area (TPSA) is 69.0 Å². The molecule has 2 bridgehead atoms. The summed E-state index contributed by atoms with van der Waals surface area (Å²) in [5, 5.41) is 8.99. The molecule has 0 radical (unpaired) electrons. The summed E-state index contributed by atoms with van der Waals surface area (Å²) in [5.41, 5.74) is 1.35. The molecule has 1 unspecified atom stereocenters. The average Bonchev–Trinajstić information content (AvgIpc) is 3.06. The lowest BCUT2D eigenvalue weighted by Gasteiger charge is -2.41. The van der Waals surface area contributed by atoms with Crippen LogP contribution >= 0.6 is 0 Å². The van der Waals surface area contributed by atoms with E-state index in [-0.39, 0.29) is 12.8 Å². The highest BCUT2D eigenvalue weighted by atomic mass is 16.6. The molecule has 0 spiro atoms. The second-order valence-corrected chi connectivity index (χ2v) is 10.5. The molecule has 2 aliphatic rings. The van der Waals surface area contributed by atoms with Crippen LogP contribution in [0.15, 0.2) is 54.6 Å². The highest BCUT2D eigenvalue weighted by Gasteiger charge is 2.39. The molecule has 35 heavy (non-hydrogen) atoms. The lowest BCUT2D eigenvalue weighted by molar-refractivity contribution is 0.00124. The van der Waals surface area contributed by atoms with E-state index in [1.165, 1.54) is 18.4 Å². The molecule has 2 aliphatic heterocycles. The summed E-state index contributed by atoms with van der Waals surface area (Å²) in [5.74, 6) is 0.618. The van der Waals surface area contributed by atoms with Gasteiger partial charge in [0, 0.05) is 44.8 Å². The Morgan fingerprint density at radius 1 is 1.06 bits per heavy atom. The van der Waals surface area contributed by atoms with Crippen LogP contribution in [-0.2, 0) is 11.3 Å². The van der Waals surface area contributed by atoms with E-state index in [2.05, 4.69) is 46.2 Å². The van der Waals surface area contributed by atoms with Gasteiger partial charge in [-0.05, 0) is 63.4 Å². The van der Waals surface area contributed by atoms with Crippen LogP contribution < -0.4 is 4.74 Å². The molecule has 2 aromatic rings. The van der Waals surface area contributed by atoms with E-state index >= 15 is 0 Å². The van der Waals surface area contributed by atoms with Crippen LogP contribution in [0.25, 0.3) is 0 Å². The van der Waals surface area contributed by atoms with E-state index in [1.54, 1.807) is 29.2 Å². The third kappa shape index (κ3) is 6.97. The Balaban J connectivity index is 1.35. The van der Waals surface area contributed by atoms with Crippen molar-refractivity contribution in [2.24, 2.45) is 0 Å². The fraction of sp³-hybridized carbons (Fsp3) is 0.500. The number of fused-ring (bicyclic) bond motifs is 2. The minimum atomic E-state index is -0.578. The van der Waals surface area contributed by atoms with Crippen molar-refractivity contribution in [3.8, 4) is 11.8 Å².